The Kier molecular flexibility index (Phi) is 42.0. The Morgan fingerprint density at radius 2 is 0.851 bits per heavy atom. The molecule has 1 rings (SSSR count). The molecule has 67 heavy (non-hydrogen) atoms. The smallest absolute Gasteiger partial charge is 0.306 e. The topological polar surface area (TPSA) is 186 Å². The zero-order valence-corrected chi connectivity index (χ0v) is 43.6. The van der Waals surface area contributed by atoms with Crippen LogP contribution in [-0.4, -0.2) is 96.0 Å². The highest BCUT2D eigenvalue weighted by atomic mass is 32.2. The van der Waals surface area contributed by atoms with Crippen molar-refractivity contribution in [3.63, 3.8) is 0 Å². The largest absolute Gasteiger partial charge is 0.462 e. The maximum Gasteiger partial charge on any atom is 0.306 e. The van der Waals surface area contributed by atoms with Crippen LogP contribution in [0.25, 0.3) is 0 Å². The molecule has 0 saturated carbocycles. The van der Waals surface area contributed by atoms with Crippen LogP contribution >= 0.6 is 0 Å². The van der Waals surface area contributed by atoms with Crippen molar-refractivity contribution in [1.29, 1.82) is 0 Å². The van der Waals surface area contributed by atoms with E-state index in [1.54, 1.807) is 0 Å². The molecule has 0 aromatic carbocycles. The Morgan fingerprint density at radius 3 is 1.24 bits per heavy atom. The van der Waals surface area contributed by atoms with Gasteiger partial charge in [0.2, 0.25) is 0 Å². The lowest BCUT2D eigenvalue weighted by molar-refractivity contribution is -0.297. The van der Waals surface area contributed by atoms with Crippen LogP contribution < -0.4 is 0 Å². The van der Waals surface area contributed by atoms with E-state index in [0.717, 1.165) is 44.9 Å². The van der Waals surface area contributed by atoms with Crippen LogP contribution in [0.3, 0.4) is 0 Å². The fourth-order valence-electron chi connectivity index (χ4n) is 8.79. The summed E-state index contributed by atoms with van der Waals surface area (Å²) in [6.45, 7) is 3.81. The van der Waals surface area contributed by atoms with Gasteiger partial charge in [0, 0.05) is 12.8 Å². The number of allylic oxidation sites excluding steroid dienone is 2. The van der Waals surface area contributed by atoms with Gasteiger partial charge in [-0.25, -0.2) is 0 Å². The van der Waals surface area contributed by atoms with Gasteiger partial charge >= 0.3 is 11.9 Å². The third-order valence-corrected chi connectivity index (χ3v) is 13.8. The van der Waals surface area contributed by atoms with Crippen LogP contribution in [0, 0.1) is 0 Å². The predicted molar refractivity (Wildman–Crippen MR) is 270 cm³/mol. The SMILES string of the molecule is CCCCCCCC/C=C/CCCCCCCCCC(=O)OC[C@H](CO[C@H]1O[C@H](CS(=O)(=O)O)[C@@H](O)C(O)C1O)OC(=O)CCCCCCCCCCCCCCCCCCCCCCCC. The van der Waals surface area contributed by atoms with Crippen molar-refractivity contribution in [3.8, 4) is 0 Å². The molecule has 0 amide bonds. The normalized spacial score (nSPS) is 19.3. The standard InChI is InChI=1S/C54H102O12S/c1-3-5-7-9-11-13-15-17-19-21-22-23-24-25-27-29-31-33-35-37-39-41-43-50(56)65-47(45-64-54-53(59)52(58)51(57)48(66-54)46-67(60,61)62)44-63-49(55)42-40-38-36-34-32-30-28-26-20-18-16-14-12-10-8-6-4-2/h18,20,47-48,51-54,57-59H,3-17,19,21-46H2,1-2H3,(H,60,61,62)/b20-18+/t47-,48-,51-,52?,53?,54+/m1/s1. The fraction of sp³-hybridized carbons (Fsp3) is 0.926. The molecule has 1 aliphatic rings. The van der Waals surface area contributed by atoms with E-state index in [0.29, 0.717) is 12.8 Å². The molecular formula is C54H102O12S. The van der Waals surface area contributed by atoms with E-state index in [1.165, 1.54) is 180 Å². The first-order valence-corrected chi connectivity index (χ1v) is 29.4. The van der Waals surface area contributed by atoms with E-state index in [-0.39, 0.29) is 19.4 Å². The predicted octanol–water partition coefficient (Wildman–Crippen LogP) is 13.0. The molecule has 0 bridgehead atoms. The van der Waals surface area contributed by atoms with Gasteiger partial charge in [-0.1, -0.05) is 225 Å². The summed E-state index contributed by atoms with van der Waals surface area (Å²) in [6, 6.07) is 0. The molecule has 0 radical (unpaired) electrons. The maximum absolute atomic E-state index is 12.9. The minimum Gasteiger partial charge on any atom is -0.462 e. The second kappa shape index (κ2) is 44.3. The average Bonchev–Trinajstić information content (AvgIpc) is 3.30. The molecular weight excluding hydrogens is 873 g/mol. The lowest BCUT2D eigenvalue weighted by Crippen LogP contribution is -2.60. The molecule has 4 N–H and O–H groups in total. The van der Waals surface area contributed by atoms with Gasteiger partial charge in [0.25, 0.3) is 10.1 Å². The molecule has 1 aliphatic heterocycles. The lowest BCUT2D eigenvalue weighted by atomic mass is 10.00. The average molecular weight is 975 g/mol. The van der Waals surface area contributed by atoms with Crippen molar-refractivity contribution in [3.05, 3.63) is 12.2 Å². The van der Waals surface area contributed by atoms with Crippen molar-refractivity contribution < 1.29 is 56.8 Å². The van der Waals surface area contributed by atoms with Gasteiger partial charge in [-0.2, -0.15) is 8.42 Å². The Labute approximate surface area is 409 Å². The van der Waals surface area contributed by atoms with Gasteiger partial charge in [0.1, 0.15) is 36.8 Å². The van der Waals surface area contributed by atoms with Crippen molar-refractivity contribution >= 4 is 22.1 Å². The monoisotopic (exact) mass is 975 g/mol. The van der Waals surface area contributed by atoms with Gasteiger partial charge in [0.05, 0.1) is 6.61 Å². The number of hydrogen-bond acceptors (Lipinski definition) is 11. The lowest BCUT2D eigenvalue weighted by Gasteiger charge is -2.40. The number of aliphatic hydroxyl groups excluding tert-OH is 3. The molecule has 0 aromatic heterocycles. The first kappa shape index (κ1) is 63.4. The van der Waals surface area contributed by atoms with E-state index >= 15 is 0 Å². The van der Waals surface area contributed by atoms with Crippen LogP contribution in [-0.2, 0) is 38.7 Å². The highest BCUT2D eigenvalue weighted by molar-refractivity contribution is 7.85. The Balaban J connectivity index is 2.32. The van der Waals surface area contributed by atoms with Crippen LogP contribution in [0.5, 0.6) is 0 Å². The number of hydrogen-bond donors (Lipinski definition) is 4. The second-order valence-electron chi connectivity index (χ2n) is 19.6. The van der Waals surface area contributed by atoms with Gasteiger partial charge in [0.15, 0.2) is 12.4 Å². The zero-order chi connectivity index (χ0) is 49.1. The van der Waals surface area contributed by atoms with Crippen LogP contribution in [0.4, 0.5) is 0 Å². The highest BCUT2D eigenvalue weighted by Crippen LogP contribution is 2.24. The van der Waals surface area contributed by atoms with E-state index < -0.39 is 71.2 Å². The number of esters is 2. The highest BCUT2D eigenvalue weighted by Gasteiger charge is 2.46. The number of carbonyl (C=O) groups is 2. The van der Waals surface area contributed by atoms with Crippen molar-refractivity contribution in [1.82, 2.24) is 0 Å². The van der Waals surface area contributed by atoms with Crippen molar-refractivity contribution in [2.75, 3.05) is 19.0 Å². The van der Waals surface area contributed by atoms with Gasteiger partial charge in [-0.05, 0) is 38.5 Å². The van der Waals surface area contributed by atoms with Crippen molar-refractivity contribution in [2.24, 2.45) is 0 Å². The summed E-state index contributed by atoms with van der Waals surface area (Å²) in [7, 11) is -4.60. The molecule has 396 valence electrons. The quantitative estimate of drug-likeness (QED) is 0.0196. The fourth-order valence-corrected chi connectivity index (χ4v) is 9.48. The molecule has 6 atom stereocenters. The summed E-state index contributed by atoms with van der Waals surface area (Å²) in [5.74, 6) is -1.97. The van der Waals surface area contributed by atoms with Gasteiger partial charge < -0.3 is 34.3 Å². The molecule has 0 aliphatic carbocycles. The maximum atomic E-state index is 12.9. The molecule has 1 fully saturated rings. The van der Waals surface area contributed by atoms with Crippen LogP contribution in [0.1, 0.15) is 264 Å². The van der Waals surface area contributed by atoms with Crippen LogP contribution in [0.2, 0.25) is 0 Å². The Morgan fingerprint density at radius 1 is 0.493 bits per heavy atom. The number of ether oxygens (including phenoxy) is 4. The molecule has 0 aromatic rings. The summed E-state index contributed by atoms with van der Waals surface area (Å²) in [6.07, 6.45) is 41.1. The second-order valence-corrected chi connectivity index (χ2v) is 21.1. The van der Waals surface area contributed by atoms with E-state index in [1.807, 2.05) is 0 Å². The number of rotatable bonds is 48. The van der Waals surface area contributed by atoms with Gasteiger partial charge in [-0.3, -0.25) is 14.1 Å². The number of carbonyl (C=O) groups excluding carboxylic acids is 2. The van der Waals surface area contributed by atoms with E-state index in [4.69, 9.17) is 18.9 Å². The number of unbranched alkanes of at least 4 members (excludes halogenated alkanes) is 34. The summed E-state index contributed by atoms with van der Waals surface area (Å²) < 4.78 is 54.3. The third kappa shape index (κ3) is 38.8. The van der Waals surface area contributed by atoms with E-state index in [2.05, 4.69) is 26.0 Å². The minimum absolute atomic E-state index is 0.170. The number of aliphatic hydroxyl groups is 3. The molecule has 2 unspecified atom stereocenters. The zero-order valence-electron chi connectivity index (χ0n) is 42.8. The molecule has 0 spiro atoms. The Hall–Kier alpha value is -1.61. The van der Waals surface area contributed by atoms with Crippen LogP contribution in [0.15, 0.2) is 12.2 Å². The minimum atomic E-state index is -4.60. The third-order valence-electron chi connectivity index (χ3n) is 13.1. The molecule has 1 heterocycles. The summed E-state index contributed by atoms with van der Waals surface area (Å²) in [5.41, 5.74) is 0. The summed E-state index contributed by atoms with van der Waals surface area (Å²) in [5, 5.41) is 31.0. The molecule has 1 saturated heterocycles. The van der Waals surface area contributed by atoms with E-state index in [9.17, 15) is 37.9 Å². The van der Waals surface area contributed by atoms with Gasteiger partial charge in [-0.15, -0.1) is 0 Å². The first-order valence-electron chi connectivity index (χ1n) is 27.7. The van der Waals surface area contributed by atoms with Crippen molar-refractivity contribution in [2.45, 2.75) is 301 Å². The molecule has 13 heteroatoms. The Bertz CT molecular complexity index is 1280. The molecule has 12 nitrogen and oxygen atoms in total. The summed E-state index contributed by atoms with van der Waals surface area (Å²) in [4.78, 5) is 25.6. The summed E-state index contributed by atoms with van der Waals surface area (Å²) >= 11 is 0. The first-order chi connectivity index (χ1) is 32.5.